The number of hydrogen-bond donors (Lipinski definition) is 3. The standard InChI is InChI=1S/C15H23N5O4/c1-3-11(13(16)21)20-8-15(23,9-20)7-19-14(22)10-5-18-12(6-17-10)24-4-2/h5-6,11,23H,3-4,7-9H2,1-2H3,(H2,16,21)(H,19,22). The second-order valence-electron chi connectivity index (χ2n) is 5.81. The molecule has 0 aliphatic carbocycles. The van der Waals surface area contributed by atoms with Crippen molar-refractivity contribution in [1.82, 2.24) is 20.2 Å². The molecule has 4 N–H and O–H groups in total. The van der Waals surface area contributed by atoms with Gasteiger partial charge in [0, 0.05) is 19.6 Å². The van der Waals surface area contributed by atoms with Crippen molar-refractivity contribution < 1.29 is 19.4 Å². The van der Waals surface area contributed by atoms with Crippen molar-refractivity contribution in [1.29, 1.82) is 0 Å². The topological polar surface area (TPSA) is 131 Å². The van der Waals surface area contributed by atoms with Crippen LogP contribution in [0.3, 0.4) is 0 Å². The number of primary amides is 1. The number of nitrogens with two attached hydrogens (primary N) is 1. The molecule has 24 heavy (non-hydrogen) atoms. The molecule has 0 radical (unpaired) electrons. The Kier molecular flexibility index (Phi) is 5.68. The summed E-state index contributed by atoms with van der Waals surface area (Å²) < 4.78 is 5.16. The normalized spacial score (nSPS) is 17.6. The van der Waals surface area contributed by atoms with Crippen LogP contribution in [-0.2, 0) is 4.79 Å². The van der Waals surface area contributed by atoms with Crippen molar-refractivity contribution >= 4 is 11.8 Å². The van der Waals surface area contributed by atoms with Crippen LogP contribution in [0.2, 0.25) is 0 Å². The molecule has 1 aromatic heterocycles. The number of rotatable bonds is 8. The third kappa shape index (κ3) is 4.18. The minimum Gasteiger partial charge on any atom is -0.477 e. The molecule has 0 bridgehead atoms. The molecule has 9 heteroatoms. The lowest BCUT2D eigenvalue weighted by Crippen LogP contribution is -2.70. The minimum absolute atomic E-state index is 0.0619. The van der Waals surface area contributed by atoms with Crippen molar-refractivity contribution in [3.63, 3.8) is 0 Å². The third-order valence-corrected chi connectivity index (χ3v) is 3.88. The third-order valence-electron chi connectivity index (χ3n) is 3.88. The molecule has 1 saturated heterocycles. The van der Waals surface area contributed by atoms with Crippen molar-refractivity contribution in [2.45, 2.75) is 31.9 Å². The van der Waals surface area contributed by atoms with Gasteiger partial charge in [0.15, 0.2) is 0 Å². The molecule has 0 aromatic carbocycles. The van der Waals surface area contributed by atoms with E-state index < -0.39 is 23.5 Å². The maximum atomic E-state index is 12.0. The molecule has 1 aliphatic heterocycles. The number of nitrogens with zero attached hydrogens (tertiary/aromatic N) is 3. The van der Waals surface area contributed by atoms with E-state index in [1.807, 2.05) is 13.8 Å². The van der Waals surface area contributed by atoms with Crippen LogP contribution in [0.1, 0.15) is 30.8 Å². The van der Waals surface area contributed by atoms with Crippen molar-refractivity contribution in [3.05, 3.63) is 18.1 Å². The lowest BCUT2D eigenvalue weighted by Gasteiger charge is -2.49. The van der Waals surface area contributed by atoms with Gasteiger partial charge in [-0.15, -0.1) is 0 Å². The van der Waals surface area contributed by atoms with Gasteiger partial charge in [0.25, 0.3) is 5.91 Å². The summed E-state index contributed by atoms with van der Waals surface area (Å²) in [4.78, 5) is 33.1. The van der Waals surface area contributed by atoms with Gasteiger partial charge in [-0.2, -0.15) is 0 Å². The molecule has 2 heterocycles. The van der Waals surface area contributed by atoms with Gasteiger partial charge < -0.3 is 20.9 Å². The summed E-state index contributed by atoms with van der Waals surface area (Å²) in [6.07, 6.45) is 3.27. The average molecular weight is 337 g/mol. The molecular weight excluding hydrogens is 314 g/mol. The predicted molar refractivity (Wildman–Crippen MR) is 85.3 cm³/mol. The zero-order valence-electron chi connectivity index (χ0n) is 13.9. The van der Waals surface area contributed by atoms with Gasteiger partial charge in [-0.1, -0.05) is 6.92 Å². The fraction of sp³-hybridized carbons (Fsp3) is 0.600. The first kappa shape index (κ1) is 18.1. The summed E-state index contributed by atoms with van der Waals surface area (Å²) >= 11 is 0. The Morgan fingerprint density at radius 2 is 2.12 bits per heavy atom. The zero-order valence-corrected chi connectivity index (χ0v) is 13.9. The molecule has 1 aliphatic rings. The van der Waals surface area contributed by atoms with Crippen LogP contribution in [0, 0.1) is 0 Å². The number of carbonyl (C=O) groups excluding carboxylic acids is 2. The summed E-state index contributed by atoms with van der Waals surface area (Å²) in [6.45, 7) is 4.78. The van der Waals surface area contributed by atoms with Crippen LogP contribution < -0.4 is 15.8 Å². The molecule has 2 rings (SSSR count). The van der Waals surface area contributed by atoms with E-state index in [-0.39, 0.29) is 25.3 Å². The van der Waals surface area contributed by atoms with Crippen LogP contribution in [0.5, 0.6) is 5.88 Å². The van der Waals surface area contributed by atoms with Crippen LogP contribution in [-0.4, -0.2) is 69.7 Å². The molecule has 132 valence electrons. The lowest BCUT2D eigenvalue weighted by atomic mass is 9.91. The zero-order chi connectivity index (χ0) is 17.7. The maximum Gasteiger partial charge on any atom is 0.271 e. The highest BCUT2D eigenvalue weighted by Crippen LogP contribution is 2.23. The van der Waals surface area contributed by atoms with Crippen LogP contribution in [0.4, 0.5) is 0 Å². The fourth-order valence-corrected chi connectivity index (χ4v) is 2.67. The number of hydrogen-bond acceptors (Lipinski definition) is 7. The monoisotopic (exact) mass is 337 g/mol. The number of aliphatic hydroxyl groups is 1. The van der Waals surface area contributed by atoms with Crippen LogP contribution in [0.25, 0.3) is 0 Å². The molecule has 9 nitrogen and oxygen atoms in total. The van der Waals surface area contributed by atoms with Gasteiger partial charge in [-0.05, 0) is 13.3 Å². The van der Waals surface area contributed by atoms with E-state index in [1.165, 1.54) is 12.4 Å². The highest BCUT2D eigenvalue weighted by atomic mass is 16.5. The van der Waals surface area contributed by atoms with E-state index in [0.717, 1.165) is 0 Å². The summed E-state index contributed by atoms with van der Waals surface area (Å²) in [5, 5.41) is 13.0. The van der Waals surface area contributed by atoms with E-state index in [9.17, 15) is 14.7 Å². The van der Waals surface area contributed by atoms with Gasteiger partial charge in [-0.25, -0.2) is 9.97 Å². The number of carbonyl (C=O) groups is 2. The Morgan fingerprint density at radius 1 is 1.42 bits per heavy atom. The van der Waals surface area contributed by atoms with Gasteiger partial charge in [0.2, 0.25) is 11.8 Å². The first-order chi connectivity index (χ1) is 11.4. The van der Waals surface area contributed by atoms with E-state index in [0.29, 0.717) is 18.9 Å². The van der Waals surface area contributed by atoms with Gasteiger partial charge in [0.05, 0.1) is 25.0 Å². The molecule has 0 saturated carbocycles. The quantitative estimate of drug-likeness (QED) is 0.549. The highest BCUT2D eigenvalue weighted by Gasteiger charge is 2.45. The van der Waals surface area contributed by atoms with E-state index in [2.05, 4.69) is 15.3 Å². The Balaban J connectivity index is 1.83. The predicted octanol–water partition coefficient (Wildman–Crippen LogP) is -1.08. The number of ether oxygens (including phenoxy) is 1. The van der Waals surface area contributed by atoms with Crippen molar-refractivity contribution in [2.75, 3.05) is 26.2 Å². The molecule has 1 unspecified atom stereocenters. The summed E-state index contributed by atoms with van der Waals surface area (Å²) in [6, 6.07) is -0.391. The second-order valence-corrected chi connectivity index (χ2v) is 5.81. The summed E-state index contributed by atoms with van der Waals surface area (Å²) in [7, 11) is 0. The lowest BCUT2D eigenvalue weighted by molar-refractivity contribution is -0.140. The Morgan fingerprint density at radius 3 is 2.62 bits per heavy atom. The molecular formula is C15H23N5O4. The average Bonchev–Trinajstić information content (AvgIpc) is 2.52. The second kappa shape index (κ2) is 7.54. The molecule has 2 amide bonds. The Labute approximate surface area is 140 Å². The van der Waals surface area contributed by atoms with Crippen molar-refractivity contribution in [3.8, 4) is 5.88 Å². The number of amides is 2. The number of β-amino-alcohol motifs (C(OH)–C–C–N with tert-alkyl or cyclic N) is 1. The van der Waals surface area contributed by atoms with Gasteiger partial charge in [0.1, 0.15) is 11.3 Å². The van der Waals surface area contributed by atoms with Crippen molar-refractivity contribution in [2.24, 2.45) is 5.73 Å². The molecule has 1 fully saturated rings. The van der Waals surface area contributed by atoms with Gasteiger partial charge >= 0.3 is 0 Å². The Bertz CT molecular complexity index is 586. The minimum atomic E-state index is -1.07. The Hall–Kier alpha value is -2.26. The van der Waals surface area contributed by atoms with Crippen LogP contribution in [0.15, 0.2) is 12.4 Å². The highest BCUT2D eigenvalue weighted by molar-refractivity contribution is 5.92. The maximum absolute atomic E-state index is 12.0. The van der Waals surface area contributed by atoms with E-state index >= 15 is 0 Å². The van der Waals surface area contributed by atoms with Crippen LogP contribution >= 0.6 is 0 Å². The first-order valence-corrected chi connectivity index (χ1v) is 7.87. The molecule has 1 aromatic rings. The number of likely N-dealkylation sites (tertiary alicyclic amines) is 1. The smallest absolute Gasteiger partial charge is 0.271 e. The summed E-state index contributed by atoms with van der Waals surface area (Å²) in [5.41, 5.74) is 4.39. The number of aromatic nitrogens is 2. The largest absolute Gasteiger partial charge is 0.477 e. The summed E-state index contributed by atoms with van der Waals surface area (Å²) in [5.74, 6) is -0.494. The number of nitrogens with one attached hydrogen (secondary N) is 1. The van der Waals surface area contributed by atoms with Gasteiger partial charge in [-0.3, -0.25) is 14.5 Å². The van der Waals surface area contributed by atoms with E-state index in [1.54, 1.807) is 4.90 Å². The SMILES string of the molecule is CCOc1cnc(C(=O)NCC2(O)CN(C(CC)C(N)=O)C2)cn1. The molecule has 0 spiro atoms. The van der Waals surface area contributed by atoms with E-state index in [4.69, 9.17) is 10.5 Å². The fourth-order valence-electron chi connectivity index (χ4n) is 2.67. The first-order valence-electron chi connectivity index (χ1n) is 7.87. The molecule has 1 atom stereocenters.